The Morgan fingerprint density at radius 1 is 0.960 bits per heavy atom. The van der Waals surface area contributed by atoms with E-state index in [4.69, 9.17) is 11.6 Å². The highest BCUT2D eigenvalue weighted by Crippen LogP contribution is 2.18. The molecule has 1 N–H and O–H groups in total. The minimum atomic E-state index is -3.90. The number of halogens is 1. The number of nitrogens with one attached hydrogen (secondary N) is 1. The minimum Gasteiger partial charge on any atom is -0.338 e. The molecule has 1 aromatic heterocycles. The van der Waals surface area contributed by atoms with Crippen LogP contribution >= 0.6 is 11.6 Å². The van der Waals surface area contributed by atoms with Crippen molar-refractivity contribution in [2.75, 3.05) is 5.32 Å². The van der Waals surface area contributed by atoms with Gasteiger partial charge in [0, 0.05) is 16.8 Å². The van der Waals surface area contributed by atoms with Crippen molar-refractivity contribution in [3.05, 3.63) is 89.7 Å². The summed E-state index contributed by atoms with van der Waals surface area (Å²) < 4.78 is 29.2. The summed E-state index contributed by atoms with van der Waals surface area (Å²) in [6.45, 7) is 0. The molecular formula is C18H14ClN3O2S. The first-order chi connectivity index (χ1) is 12.0. The molecule has 3 rings (SSSR count). The Hall–Kier alpha value is -2.70. The quantitative estimate of drug-likeness (QED) is 0.556. The second-order valence-corrected chi connectivity index (χ2v) is 7.14. The van der Waals surface area contributed by atoms with Crippen LogP contribution in [0, 0.1) is 0 Å². The third-order valence-electron chi connectivity index (χ3n) is 3.29. The lowest BCUT2D eigenvalue weighted by Crippen LogP contribution is -2.16. The van der Waals surface area contributed by atoms with Crippen molar-refractivity contribution in [2.45, 2.75) is 4.90 Å². The van der Waals surface area contributed by atoms with Crippen LogP contribution in [0.25, 0.3) is 0 Å². The van der Waals surface area contributed by atoms with Crippen LogP contribution in [0.3, 0.4) is 0 Å². The van der Waals surface area contributed by atoms with E-state index in [0.29, 0.717) is 16.3 Å². The Balaban J connectivity index is 2.04. The molecule has 0 aliphatic carbocycles. The fraction of sp³-hybridized carbons (Fsp3) is 0. The van der Waals surface area contributed by atoms with Crippen LogP contribution in [0.2, 0.25) is 5.02 Å². The highest BCUT2D eigenvalue weighted by atomic mass is 35.5. The number of anilines is 1. The van der Waals surface area contributed by atoms with Crippen LogP contribution in [-0.4, -0.2) is 19.2 Å². The Morgan fingerprint density at radius 3 is 2.32 bits per heavy atom. The molecule has 0 radical (unpaired) electrons. The number of amidine groups is 1. The molecule has 1 heterocycles. The van der Waals surface area contributed by atoms with Gasteiger partial charge in [0.15, 0.2) is 5.84 Å². The molecule has 0 spiro atoms. The number of sulfonamides is 1. The van der Waals surface area contributed by atoms with Gasteiger partial charge in [0.2, 0.25) is 0 Å². The molecule has 7 heteroatoms. The molecule has 25 heavy (non-hydrogen) atoms. The summed E-state index contributed by atoms with van der Waals surface area (Å²) in [5.41, 5.74) is 1.28. The van der Waals surface area contributed by atoms with Gasteiger partial charge in [-0.1, -0.05) is 41.9 Å². The molecule has 0 aliphatic heterocycles. The highest BCUT2D eigenvalue weighted by molar-refractivity contribution is 7.90. The first-order valence-corrected chi connectivity index (χ1v) is 9.19. The smallest absolute Gasteiger partial charge is 0.284 e. The average Bonchev–Trinajstić information content (AvgIpc) is 2.63. The van der Waals surface area contributed by atoms with Crippen molar-refractivity contribution in [2.24, 2.45) is 4.40 Å². The van der Waals surface area contributed by atoms with Crippen LogP contribution in [0.4, 0.5) is 5.69 Å². The number of nitrogens with zero attached hydrogens (tertiary/aromatic N) is 2. The van der Waals surface area contributed by atoms with E-state index < -0.39 is 10.0 Å². The molecule has 0 aliphatic rings. The van der Waals surface area contributed by atoms with Crippen molar-refractivity contribution in [3.63, 3.8) is 0 Å². The first-order valence-electron chi connectivity index (χ1n) is 7.38. The number of benzene rings is 2. The zero-order valence-electron chi connectivity index (χ0n) is 13.0. The lowest BCUT2D eigenvalue weighted by atomic mass is 10.2. The molecule has 2 aromatic carbocycles. The van der Waals surface area contributed by atoms with E-state index in [1.165, 1.54) is 24.3 Å². The van der Waals surface area contributed by atoms with Gasteiger partial charge in [-0.15, -0.1) is 4.40 Å². The highest BCUT2D eigenvalue weighted by Gasteiger charge is 2.16. The molecule has 0 atom stereocenters. The molecule has 0 amide bonds. The van der Waals surface area contributed by atoms with Crippen LogP contribution in [0.15, 0.2) is 88.4 Å². The molecule has 0 bridgehead atoms. The lowest BCUT2D eigenvalue weighted by molar-refractivity contribution is 0.598. The number of hydrogen-bond donors (Lipinski definition) is 1. The zero-order valence-corrected chi connectivity index (χ0v) is 14.6. The molecule has 0 unspecified atom stereocenters. The van der Waals surface area contributed by atoms with Gasteiger partial charge in [0.1, 0.15) is 0 Å². The Labute approximate surface area is 151 Å². The predicted octanol–water partition coefficient (Wildman–Crippen LogP) is 3.98. The van der Waals surface area contributed by atoms with Gasteiger partial charge in [-0.25, -0.2) is 0 Å². The van der Waals surface area contributed by atoms with Gasteiger partial charge in [-0.2, -0.15) is 8.42 Å². The largest absolute Gasteiger partial charge is 0.338 e. The van der Waals surface area contributed by atoms with Crippen molar-refractivity contribution in [1.29, 1.82) is 0 Å². The summed E-state index contributed by atoms with van der Waals surface area (Å²) in [6, 6.07) is 18.4. The van der Waals surface area contributed by atoms with Crippen LogP contribution in [0.1, 0.15) is 5.56 Å². The lowest BCUT2D eigenvalue weighted by Gasteiger charge is -2.10. The van der Waals surface area contributed by atoms with E-state index in [9.17, 15) is 8.42 Å². The van der Waals surface area contributed by atoms with Gasteiger partial charge in [-0.3, -0.25) is 4.98 Å². The summed E-state index contributed by atoms with van der Waals surface area (Å²) in [5, 5.41) is 3.47. The monoisotopic (exact) mass is 371 g/mol. The van der Waals surface area contributed by atoms with Crippen molar-refractivity contribution < 1.29 is 8.42 Å². The second-order valence-electron chi connectivity index (χ2n) is 5.10. The summed E-state index contributed by atoms with van der Waals surface area (Å²) in [5.74, 6) is 0.212. The molecular weight excluding hydrogens is 358 g/mol. The van der Waals surface area contributed by atoms with E-state index >= 15 is 0 Å². The van der Waals surface area contributed by atoms with Crippen molar-refractivity contribution in [3.8, 4) is 0 Å². The topological polar surface area (TPSA) is 71.4 Å². The van der Waals surface area contributed by atoms with E-state index in [2.05, 4.69) is 14.7 Å². The van der Waals surface area contributed by atoms with Gasteiger partial charge in [0.25, 0.3) is 10.0 Å². The molecule has 5 nitrogen and oxygen atoms in total. The normalized spacial score (nSPS) is 12.0. The van der Waals surface area contributed by atoms with Crippen LogP contribution in [0.5, 0.6) is 0 Å². The van der Waals surface area contributed by atoms with Crippen LogP contribution in [-0.2, 0) is 10.0 Å². The molecule has 126 valence electrons. The maximum Gasteiger partial charge on any atom is 0.284 e. The van der Waals surface area contributed by atoms with E-state index in [0.717, 1.165) is 0 Å². The predicted molar refractivity (Wildman–Crippen MR) is 99.5 cm³/mol. The fourth-order valence-electron chi connectivity index (χ4n) is 2.10. The SMILES string of the molecule is O=S(=O)(N=C(Nc1cccnc1)c1ccccc1)c1ccc(Cl)cc1. The van der Waals surface area contributed by atoms with Gasteiger partial charge < -0.3 is 5.32 Å². The van der Waals surface area contributed by atoms with Crippen molar-refractivity contribution in [1.82, 2.24) is 4.98 Å². The molecule has 0 fully saturated rings. The number of rotatable bonds is 4. The number of pyridine rings is 1. The summed E-state index contributed by atoms with van der Waals surface area (Å²) >= 11 is 5.82. The van der Waals surface area contributed by atoms with Crippen LogP contribution < -0.4 is 5.32 Å². The maximum absolute atomic E-state index is 12.6. The number of hydrogen-bond acceptors (Lipinski definition) is 3. The van der Waals surface area contributed by atoms with Gasteiger partial charge >= 0.3 is 0 Å². The second kappa shape index (κ2) is 7.46. The van der Waals surface area contributed by atoms with Gasteiger partial charge in [0.05, 0.1) is 16.8 Å². The van der Waals surface area contributed by atoms with Crippen molar-refractivity contribution >= 4 is 33.1 Å². The third-order valence-corrected chi connectivity index (χ3v) is 4.84. The summed E-state index contributed by atoms with van der Waals surface area (Å²) in [7, 11) is -3.90. The molecule has 3 aromatic rings. The van der Waals surface area contributed by atoms with E-state index in [1.807, 2.05) is 18.2 Å². The Bertz CT molecular complexity index is 974. The third kappa shape index (κ3) is 4.43. The molecule has 0 saturated heterocycles. The first kappa shape index (κ1) is 17.1. The van der Waals surface area contributed by atoms with E-state index in [-0.39, 0.29) is 10.7 Å². The average molecular weight is 372 g/mol. The number of aromatic nitrogens is 1. The Kier molecular flexibility index (Phi) is 5.11. The maximum atomic E-state index is 12.6. The van der Waals surface area contributed by atoms with Gasteiger partial charge in [-0.05, 0) is 36.4 Å². The zero-order chi connectivity index (χ0) is 17.7. The fourth-order valence-corrected chi connectivity index (χ4v) is 3.20. The molecule has 0 saturated carbocycles. The van der Waals surface area contributed by atoms with E-state index in [1.54, 1.807) is 36.7 Å². The summed E-state index contributed by atoms with van der Waals surface area (Å²) in [6.07, 6.45) is 3.22. The standard InChI is InChI=1S/C18H14ClN3O2S/c19-15-8-10-17(11-9-15)25(23,24)22-18(14-5-2-1-3-6-14)21-16-7-4-12-20-13-16/h1-13H,(H,21,22). The minimum absolute atomic E-state index is 0.0679. The summed E-state index contributed by atoms with van der Waals surface area (Å²) in [4.78, 5) is 4.08. The Morgan fingerprint density at radius 2 is 1.68 bits per heavy atom.